The van der Waals surface area contributed by atoms with Gasteiger partial charge in [-0.15, -0.1) is 11.6 Å². The van der Waals surface area contributed by atoms with Crippen LogP contribution in [-0.4, -0.2) is 22.0 Å². The highest BCUT2D eigenvalue weighted by atomic mass is 35.5. The van der Waals surface area contributed by atoms with Gasteiger partial charge in [-0.25, -0.2) is 0 Å². The summed E-state index contributed by atoms with van der Waals surface area (Å²) in [4.78, 5) is 11.8. The van der Waals surface area contributed by atoms with Crippen LogP contribution in [0.1, 0.15) is 36.9 Å². The van der Waals surface area contributed by atoms with Crippen molar-refractivity contribution in [1.29, 1.82) is 0 Å². The average molecular weight is 231 g/mol. The third-order valence-electron chi connectivity index (χ3n) is 2.43. The maximum atomic E-state index is 11.8. The predicted octanol–water partition coefficient (Wildman–Crippen LogP) is 2.12. The van der Waals surface area contributed by atoms with Crippen molar-refractivity contribution in [2.75, 3.05) is 0 Å². The van der Waals surface area contributed by atoms with Gasteiger partial charge in [-0.1, -0.05) is 5.16 Å². The third-order valence-corrected chi connectivity index (χ3v) is 2.97. The molecular formula is C10H15ClN2O2. The van der Waals surface area contributed by atoms with Crippen LogP contribution < -0.4 is 5.32 Å². The molecule has 1 aromatic rings. The largest absolute Gasteiger partial charge is 0.361 e. The van der Waals surface area contributed by atoms with Crippen LogP contribution in [0.25, 0.3) is 0 Å². The Morgan fingerprint density at radius 1 is 1.67 bits per heavy atom. The molecule has 15 heavy (non-hydrogen) atoms. The topological polar surface area (TPSA) is 55.1 Å². The van der Waals surface area contributed by atoms with Crippen molar-refractivity contribution >= 4 is 17.5 Å². The summed E-state index contributed by atoms with van der Waals surface area (Å²) in [7, 11) is 0. The zero-order chi connectivity index (χ0) is 11.6. The van der Waals surface area contributed by atoms with Crippen LogP contribution in [0.4, 0.5) is 0 Å². The second-order valence-electron chi connectivity index (χ2n) is 4.09. The standard InChI is InChI=1S/C10H15ClN2O2/c1-6-8(5-12-15-6)9(14)13-10(3,4)7(2)11/h5,7H,1-4H3,(H,13,14). The molecule has 1 unspecified atom stereocenters. The van der Waals surface area contributed by atoms with E-state index in [4.69, 9.17) is 16.1 Å². The van der Waals surface area contributed by atoms with Gasteiger partial charge in [0, 0.05) is 0 Å². The Bertz CT molecular complexity index is 358. The number of carbonyl (C=O) groups excluding carboxylic acids is 1. The number of nitrogens with one attached hydrogen (secondary N) is 1. The number of carbonyl (C=O) groups is 1. The molecule has 1 amide bonds. The minimum Gasteiger partial charge on any atom is -0.361 e. The molecule has 0 aliphatic rings. The van der Waals surface area contributed by atoms with Gasteiger partial charge in [0.2, 0.25) is 0 Å². The molecule has 0 radical (unpaired) electrons. The van der Waals surface area contributed by atoms with E-state index in [-0.39, 0.29) is 11.3 Å². The zero-order valence-electron chi connectivity index (χ0n) is 9.30. The van der Waals surface area contributed by atoms with Crippen molar-refractivity contribution in [3.63, 3.8) is 0 Å². The molecule has 4 nitrogen and oxygen atoms in total. The second-order valence-corrected chi connectivity index (χ2v) is 4.74. The smallest absolute Gasteiger partial charge is 0.256 e. The lowest BCUT2D eigenvalue weighted by Gasteiger charge is -2.28. The van der Waals surface area contributed by atoms with E-state index in [1.54, 1.807) is 6.92 Å². The van der Waals surface area contributed by atoms with Crippen molar-refractivity contribution in [1.82, 2.24) is 10.5 Å². The Balaban J connectivity index is 2.77. The Labute approximate surface area is 94.0 Å². The van der Waals surface area contributed by atoms with Crippen molar-refractivity contribution in [2.24, 2.45) is 0 Å². The van der Waals surface area contributed by atoms with Gasteiger partial charge in [0.05, 0.1) is 17.1 Å². The fraction of sp³-hybridized carbons (Fsp3) is 0.600. The fourth-order valence-electron chi connectivity index (χ4n) is 0.976. The molecule has 0 fully saturated rings. The van der Waals surface area contributed by atoms with Crippen LogP contribution in [0.5, 0.6) is 0 Å². The van der Waals surface area contributed by atoms with E-state index in [2.05, 4.69) is 10.5 Å². The highest BCUT2D eigenvalue weighted by molar-refractivity contribution is 6.21. The van der Waals surface area contributed by atoms with E-state index >= 15 is 0 Å². The second kappa shape index (κ2) is 4.23. The molecule has 5 heteroatoms. The van der Waals surface area contributed by atoms with E-state index in [9.17, 15) is 4.79 Å². The molecular weight excluding hydrogens is 216 g/mol. The molecule has 0 aromatic carbocycles. The molecule has 0 saturated heterocycles. The van der Waals surface area contributed by atoms with Crippen molar-refractivity contribution in [3.05, 3.63) is 17.5 Å². The van der Waals surface area contributed by atoms with E-state index in [0.29, 0.717) is 11.3 Å². The molecule has 0 saturated carbocycles. The van der Waals surface area contributed by atoms with E-state index in [1.807, 2.05) is 20.8 Å². The molecule has 1 aromatic heterocycles. The molecule has 0 aliphatic heterocycles. The number of aromatic nitrogens is 1. The van der Waals surface area contributed by atoms with Gasteiger partial charge in [-0.05, 0) is 27.7 Å². The maximum absolute atomic E-state index is 11.8. The highest BCUT2D eigenvalue weighted by Crippen LogP contribution is 2.16. The molecule has 1 rings (SSSR count). The number of amides is 1. The summed E-state index contributed by atoms with van der Waals surface area (Å²) >= 11 is 5.96. The first kappa shape index (κ1) is 12.0. The number of hydrogen-bond donors (Lipinski definition) is 1. The van der Waals surface area contributed by atoms with Gasteiger partial charge in [0.1, 0.15) is 11.3 Å². The molecule has 1 atom stereocenters. The number of halogens is 1. The highest BCUT2D eigenvalue weighted by Gasteiger charge is 2.27. The Morgan fingerprint density at radius 2 is 2.27 bits per heavy atom. The first-order chi connectivity index (χ1) is 6.84. The molecule has 0 spiro atoms. The van der Waals surface area contributed by atoms with Crippen molar-refractivity contribution < 1.29 is 9.32 Å². The SMILES string of the molecule is Cc1oncc1C(=O)NC(C)(C)C(C)Cl. The van der Waals surface area contributed by atoms with Crippen LogP contribution in [0.2, 0.25) is 0 Å². The van der Waals surface area contributed by atoms with E-state index in [1.165, 1.54) is 6.20 Å². The minimum atomic E-state index is -0.470. The monoisotopic (exact) mass is 230 g/mol. The maximum Gasteiger partial charge on any atom is 0.256 e. The summed E-state index contributed by atoms with van der Waals surface area (Å²) in [6.45, 7) is 7.26. The number of aryl methyl sites for hydroxylation is 1. The van der Waals surface area contributed by atoms with Crippen LogP contribution in [0.3, 0.4) is 0 Å². The van der Waals surface area contributed by atoms with Gasteiger partial charge < -0.3 is 9.84 Å². The van der Waals surface area contributed by atoms with Crippen LogP contribution in [0.15, 0.2) is 10.7 Å². The van der Waals surface area contributed by atoms with Crippen LogP contribution in [-0.2, 0) is 0 Å². The van der Waals surface area contributed by atoms with Crippen LogP contribution in [0, 0.1) is 6.92 Å². The molecule has 84 valence electrons. The van der Waals surface area contributed by atoms with Gasteiger partial charge in [0.25, 0.3) is 5.91 Å². The fourth-order valence-corrected chi connectivity index (χ4v) is 1.03. The first-order valence-electron chi connectivity index (χ1n) is 4.72. The number of alkyl halides is 1. The average Bonchev–Trinajstić information content (AvgIpc) is 2.50. The van der Waals surface area contributed by atoms with Gasteiger partial charge in [-0.3, -0.25) is 4.79 Å². The number of rotatable bonds is 3. The quantitative estimate of drug-likeness (QED) is 0.810. The summed E-state index contributed by atoms with van der Waals surface area (Å²) < 4.78 is 4.82. The van der Waals surface area contributed by atoms with Crippen molar-refractivity contribution in [2.45, 2.75) is 38.6 Å². The molecule has 1 N–H and O–H groups in total. The van der Waals surface area contributed by atoms with Gasteiger partial charge in [0.15, 0.2) is 0 Å². The molecule has 0 aliphatic carbocycles. The van der Waals surface area contributed by atoms with E-state index in [0.717, 1.165) is 0 Å². The lowest BCUT2D eigenvalue weighted by molar-refractivity contribution is 0.0911. The van der Waals surface area contributed by atoms with E-state index < -0.39 is 5.54 Å². The lowest BCUT2D eigenvalue weighted by Crippen LogP contribution is -2.49. The lowest BCUT2D eigenvalue weighted by atomic mass is 10.0. The number of hydrogen-bond acceptors (Lipinski definition) is 3. The number of nitrogens with zero attached hydrogens (tertiary/aromatic N) is 1. The predicted molar refractivity (Wildman–Crippen MR) is 58.1 cm³/mol. The van der Waals surface area contributed by atoms with Gasteiger partial charge >= 0.3 is 0 Å². The first-order valence-corrected chi connectivity index (χ1v) is 5.16. The molecule has 0 bridgehead atoms. The van der Waals surface area contributed by atoms with Gasteiger partial charge in [-0.2, -0.15) is 0 Å². The Morgan fingerprint density at radius 3 is 2.67 bits per heavy atom. The summed E-state index contributed by atoms with van der Waals surface area (Å²) in [5, 5.41) is 6.21. The summed E-state index contributed by atoms with van der Waals surface area (Å²) in [5.41, 5.74) is -0.0251. The van der Waals surface area contributed by atoms with Crippen molar-refractivity contribution in [3.8, 4) is 0 Å². The normalized spacial score (nSPS) is 13.7. The molecule has 1 heterocycles. The summed E-state index contributed by atoms with van der Waals surface area (Å²) in [6.07, 6.45) is 1.40. The van der Waals surface area contributed by atoms with Crippen LogP contribution >= 0.6 is 11.6 Å². The zero-order valence-corrected chi connectivity index (χ0v) is 10.1. The summed E-state index contributed by atoms with van der Waals surface area (Å²) in [5.74, 6) is 0.289. The Kier molecular flexibility index (Phi) is 3.39. The summed E-state index contributed by atoms with van der Waals surface area (Å²) in [6, 6.07) is 0. The Hall–Kier alpha value is -1.03. The third kappa shape index (κ3) is 2.72. The minimum absolute atomic E-state index is 0.165.